The monoisotopic (exact) mass is 206 g/mol. The van der Waals surface area contributed by atoms with Gasteiger partial charge in [0, 0.05) is 13.1 Å². The van der Waals surface area contributed by atoms with E-state index in [0.717, 1.165) is 13.1 Å². The molecule has 0 aromatic heterocycles. The van der Waals surface area contributed by atoms with Gasteiger partial charge in [-0.1, -0.05) is 37.3 Å². The van der Waals surface area contributed by atoms with Crippen molar-refractivity contribution in [1.29, 1.82) is 0 Å². The zero-order chi connectivity index (χ0) is 10.8. The Morgan fingerprint density at radius 3 is 2.40 bits per heavy atom. The van der Waals surface area contributed by atoms with Crippen molar-refractivity contribution in [3.63, 3.8) is 0 Å². The van der Waals surface area contributed by atoms with E-state index >= 15 is 0 Å². The SMILES string of the molecule is CCCNNCCCCc1ccccc1. The number of rotatable bonds is 8. The van der Waals surface area contributed by atoms with Gasteiger partial charge < -0.3 is 0 Å². The van der Waals surface area contributed by atoms with Gasteiger partial charge >= 0.3 is 0 Å². The number of hydrogen-bond donors (Lipinski definition) is 2. The van der Waals surface area contributed by atoms with Crippen LogP contribution in [-0.4, -0.2) is 13.1 Å². The summed E-state index contributed by atoms with van der Waals surface area (Å²) < 4.78 is 0. The molecule has 0 spiro atoms. The summed E-state index contributed by atoms with van der Waals surface area (Å²) in [4.78, 5) is 0. The van der Waals surface area contributed by atoms with Crippen LogP contribution in [0.3, 0.4) is 0 Å². The van der Waals surface area contributed by atoms with Gasteiger partial charge in [-0.05, 0) is 31.2 Å². The van der Waals surface area contributed by atoms with Gasteiger partial charge in [0.2, 0.25) is 0 Å². The minimum atomic E-state index is 1.05. The number of unbranched alkanes of at least 4 members (excludes halogenated alkanes) is 1. The van der Waals surface area contributed by atoms with E-state index in [4.69, 9.17) is 0 Å². The van der Waals surface area contributed by atoms with Gasteiger partial charge in [0.15, 0.2) is 0 Å². The molecule has 0 aliphatic carbocycles. The first-order valence-corrected chi connectivity index (χ1v) is 5.93. The molecule has 84 valence electrons. The van der Waals surface area contributed by atoms with Crippen LogP contribution >= 0.6 is 0 Å². The van der Waals surface area contributed by atoms with Crippen LogP contribution in [0.2, 0.25) is 0 Å². The van der Waals surface area contributed by atoms with Gasteiger partial charge in [-0.2, -0.15) is 0 Å². The summed E-state index contributed by atoms with van der Waals surface area (Å²) in [5.41, 5.74) is 7.85. The van der Waals surface area contributed by atoms with Crippen LogP contribution in [0.5, 0.6) is 0 Å². The lowest BCUT2D eigenvalue weighted by Gasteiger charge is -2.05. The summed E-state index contributed by atoms with van der Waals surface area (Å²) in [6, 6.07) is 10.7. The fraction of sp³-hybridized carbons (Fsp3) is 0.538. The molecular formula is C13H22N2. The Bertz CT molecular complexity index is 234. The van der Waals surface area contributed by atoms with Crippen LogP contribution in [0, 0.1) is 0 Å². The fourth-order valence-corrected chi connectivity index (χ4v) is 1.49. The summed E-state index contributed by atoms with van der Waals surface area (Å²) in [6.07, 6.45) is 4.85. The number of benzene rings is 1. The third kappa shape index (κ3) is 6.26. The van der Waals surface area contributed by atoms with Crippen molar-refractivity contribution in [3.8, 4) is 0 Å². The van der Waals surface area contributed by atoms with Crippen molar-refractivity contribution in [1.82, 2.24) is 10.9 Å². The number of hydrazine groups is 1. The predicted molar refractivity (Wildman–Crippen MR) is 65.7 cm³/mol. The van der Waals surface area contributed by atoms with Gasteiger partial charge in [-0.15, -0.1) is 0 Å². The number of nitrogens with one attached hydrogen (secondary N) is 2. The van der Waals surface area contributed by atoms with Crippen LogP contribution in [-0.2, 0) is 6.42 Å². The maximum atomic E-state index is 3.22. The molecule has 0 unspecified atom stereocenters. The molecule has 2 N–H and O–H groups in total. The molecule has 0 amide bonds. The Hall–Kier alpha value is -0.860. The van der Waals surface area contributed by atoms with E-state index in [1.807, 2.05) is 0 Å². The Kier molecular flexibility index (Phi) is 6.88. The second kappa shape index (κ2) is 8.45. The summed E-state index contributed by atoms with van der Waals surface area (Å²) in [6.45, 7) is 4.29. The first-order valence-electron chi connectivity index (χ1n) is 5.93. The third-order valence-electron chi connectivity index (χ3n) is 2.36. The highest BCUT2D eigenvalue weighted by molar-refractivity contribution is 5.14. The normalized spacial score (nSPS) is 10.5. The molecule has 0 saturated carbocycles. The van der Waals surface area contributed by atoms with Gasteiger partial charge in [-0.3, -0.25) is 10.9 Å². The van der Waals surface area contributed by atoms with Crippen molar-refractivity contribution in [2.75, 3.05) is 13.1 Å². The lowest BCUT2D eigenvalue weighted by atomic mass is 10.1. The zero-order valence-corrected chi connectivity index (χ0v) is 9.63. The smallest absolute Gasteiger partial charge is 0.00999 e. The highest BCUT2D eigenvalue weighted by atomic mass is 15.3. The molecule has 1 aromatic rings. The summed E-state index contributed by atoms with van der Waals surface area (Å²) >= 11 is 0. The number of hydrogen-bond acceptors (Lipinski definition) is 2. The first-order chi connectivity index (χ1) is 7.43. The van der Waals surface area contributed by atoms with E-state index in [9.17, 15) is 0 Å². The maximum absolute atomic E-state index is 3.22. The van der Waals surface area contributed by atoms with E-state index in [0.29, 0.717) is 0 Å². The first kappa shape index (κ1) is 12.2. The second-order valence-corrected chi connectivity index (χ2v) is 3.80. The molecular weight excluding hydrogens is 184 g/mol. The molecule has 0 heterocycles. The van der Waals surface area contributed by atoms with Crippen molar-refractivity contribution in [3.05, 3.63) is 35.9 Å². The minimum Gasteiger partial charge on any atom is -0.258 e. The third-order valence-corrected chi connectivity index (χ3v) is 2.36. The van der Waals surface area contributed by atoms with E-state index in [-0.39, 0.29) is 0 Å². The van der Waals surface area contributed by atoms with Gasteiger partial charge in [-0.25, -0.2) is 0 Å². The molecule has 0 bridgehead atoms. The Morgan fingerprint density at radius 2 is 1.67 bits per heavy atom. The standard InChI is InChI=1S/C13H22N2/c1-2-11-14-15-12-7-6-10-13-8-4-3-5-9-13/h3-5,8-9,14-15H,2,6-7,10-12H2,1H3. The molecule has 2 nitrogen and oxygen atoms in total. The van der Waals surface area contributed by atoms with Crippen LogP contribution in [0.1, 0.15) is 31.7 Å². The van der Waals surface area contributed by atoms with Crippen LogP contribution in [0.25, 0.3) is 0 Å². The average molecular weight is 206 g/mol. The highest BCUT2D eigenvalue weighted by Gasteiger charge is 1.91. The molecule has 0 atom stereocenters. The van der Waals surface area contributed by atoms with Crippen molar-refractivity contribution in [2.45, 2.75) is 32.6 Å². The molecule has 1 aromatic carbocycles. The quantitative estimate of drug-likeness (QED) is 0.504. The van der Waals surface area contributed by atoms with Gasteiger partial charge in [0.1, 0.15) is 0 Å². The van der Waals surface area contributed by atoms with Crippen LogP contribution < -0.4 is 10.9 Å². The molecule has 0 saturated heterocycles. The molecule has 0 radical (unpaired) electrons. The van der Waals surface area contributed by atoms with Crippen LogP contribution in [0.15, 0.2) is 30.3 Å². The summed E-state index contributed by atoms with van der Waals surface area (Å²) in [5.74, 6) is 0. The van der Waals surface area contributed by atoms with Gasteiger partial charge in [0.05, 0.1) is 0 Å². The van der Waals surface area contributed by atoms with E-state index in [1.54, 1.807) is 0 Å². The molecule has 2 heteroatoms. The average Bonchev–Trinajstić information content (AvgIpc) is 2.29. The largest absolute Gasteiger partial charge is 0.258 e. The minimum absolute atomic E-state index is 1.05. The topological polar surface area (TPSA) is 24.1 Å². The van der Waals surface area contributed by atoms with E-state index in [1.165, 1.54) is 31.2 Å². The van der Waals surface area contributed by atoms with Crippen molar-refractivity contribution >= 4 is 0 Å². The maximum Gasteiger partial charge on any atom is 0.00999 e. The second-order valence-electron chi connectivity index (χ2n) is 3.80. The predicted octanol–water partition coefficient (Wildman–Crippen LogP) is 2.51. The van der Waals surface area contributed by atoms with Gasteiger partial charge in [0.25, 0.3) is 0 Å². The Labute approximate surface area is 93.1 Å². The molecule has 15 heavy (non-hydrogen) atoms. The molecule has 1 rings (SSSR count). The lowest BCUT2D eigenvalue weighted by molar-refractivity contribution is 0.510. The van der Waals surface area contributed by atoms with E-state index in [2.05, 4.69) is 48.1 Å². The van der Waals surface area contributed by atoms with E-state index < -0.39 is 0 Å². The molecule has 0 fully saturated rings. The fourth-order valence-electron chi connectivity index (χ4n) is 1.49. The Morgan fingerprint density at radius 1 is 0.933 bits per heavy atom. The van der Waals surface area contributed by atoms with Crippen molar-refractivity contribution < 1.29 is 0 Å². The molecule has 0 aliphatic rings. The Balaban J connectivity index is 1.93. The highest BCUT2D eigenvalue weighted by Crippen LogP contribution is 2.03. The number of aryl methyl sites for hydroxylation is 1. The lowest BCUT2D eigenvalue weighted by Crippen LogP contribution is -2.33. The molecule has 0 aliphatic heterocycles. The summed E-state index contributed by atoms with van der Waals surface area (Å²) in [5, 5.41) is 0. The summed E-state index contributed by atoms with van der Waals surface area (Å²) in [7, 11) is 0. The van der Waals surface area contributed by atoms with Crippen molar-refractivity contribution in [2.24, 2.45) is 0 Å². The zero-order valence-electron chi connectivity index (χ0n) is 9.63. The van der Waals surface area contributed by atoms with Crippen LogP contribution in [0.4, 0.5) is 0 Å².